The number of fused-ring (bicyclic) bond motifs is 1. The van der Waals surface area contributed by atoms with E-state index in [0.29, 0.717) is 22.2 Å². The number of hydrogen-bond donors (Lipinski definition) is 0. The van der Waals surface area contributed by atoms with Gasteiger partial charge in [0.2, 0.25) is 0 Å². The lowest BCUT2D eigenvalue weighted by Crippen LogP contribution is -2.01. The number of nitrogens with zero attached hydrogens (tertiary/aromatic N) is 2. The number of benzene rings is 1. The Morgan fingerprint density at radius 1 is 1.24 bits per heavy atom. The number of aryl methyl sites for hydroxylation is 1. The van der Waals surface area contributed by atoms with Crippen molar-refractivity contribution in [3.05, 3.63) is 68.5 Å². The van der Waals surface area contributed by atoms with Crippen LogP contribution in [0.4, 0.5) is 5.69 Å². The fourth-order valence-electron chi connectivity index (χ4n) is 2.10. The van der Waals surface area contributed by atoms with Crippen molar-refractivity contribution in [3.63, 3.8) is 0 Å². The zero-order valence-electron chi connectivity index (χ0n) is 11.1. The molecule has 0 spiro atoms. The van der Waals surface area contributed by atoms with Gasteiger partial charge in [-0.15, -0.1) is 0 Å². The summed E-state index contributed by atoms with van der Waals surface area (Å²) < 4.78 is 5.65. The fraction of sp³-hybridized carbons (Fsp3) is 0.0667. The Labute approximate surface area is 118 Å². The van der Waals surface area contributed by atoms with Crippen molar-refractivity contribution in [2.24, 2.45) is 0 Å². The summed E-state index contributed by atoms with van der Waals surface area (Å²) in [4.78, 5) is 26.3. The van der Waals surface area contributed by atoms with Gasteiger partial charge < -0.3 is 4.42 Å². The molecule has 6 heteroatoms. The molecule has 0 saturated carbocycles. The SMILES string of the molecule is Cc1cc(-c2cc(=O)c3ccccc3o2)ncc1[N+](=O)[O-]. The Hall–Kier alpha value is -3.02. The molecule has 6 nitrogen and oxygen atoms in total. The summed E-state index contributed by atoms with van der Waals surface area (Å²) >= 11 is 0. The van der Waals surface area contributed by atoms with Crippen LogP contribution in [0.25, 0.3) is 22.4 Å². The Bertz CT molecular complexity index is 915. The first kappa shape index (κ1) is 13.0. The van der Waals surface area contributed by atoms with Crippen LogP contribution in [-0.4, -0.2) is 9.91 Å². The van der Waals surface area contributed by atoms with Gasteiger partial charge in [-0.2, -0.15) is 0 Å². The molecule has 0 aliphatic carbocycles. The van der Waals surface area contributed by atoms with Crippen LogP contribution >= 0.6 is 0 Å². The average Bonchev–Trinajstić information content (AvgIpc) is 2.46. The third kappa shape index (κ3) is 2.27. The van der Waals surface area contributed by atoms with Gasteiger partial charge in [0, 0.05) is 11.6 Å². The maximum Gasteiger partial charge on any atom is 0.290 e. The molecule has 2 heterocycles. The monoisotopic (exact) mass is 282 g/mol. The lowest BCUT2D eigenvalue weighted by atomic mass is 10.1. The Balaban J connectivity index is 2.19. The summed E-state index contributed by atoms with van der Waals surface area (Å²) in [5.74, 6) is 0.289. The number of rotatable bonds is 2. The molecular formula is C15H10N2O4. The number of pyridine rings is 1. The van der Waals surface area contributed by atoms with Crippen molar-refractivity contribution in [1.29, 1.82) is 0 Å². The van der Waals surface area contributed by atoms with E-state index in [9.17, 15) is 14.9 Å². The first-order valence-electron chi connectivity index (χ1n) is 6.20. The predicted molar refractivity (Wildman–Crippen MR) is 77.1 cm³/mol. The van der Waals surface area contributed by atoms with Crippen LogP contribution in [-0.2, 0) is 0 Å². The highest BCUT2D eigenvalue weighted by Gasteiger charge is 2.14. The van der Waals surface area contributed by atoms with E-state index in [-0.39, 0.29) is 16.9 Å². The molecule has 0 atom stereocenters. The topological polar surface area (TPSA) is 86.2 Å². The first-order valence-corrected chi connectivity index (χ1v) is 6.20. The maximum absolute atomic E-state index is 12.0. The minimum atomic E-state index is -0.497. The van der Waals surface area contributed by atoms with Crippen molar-refractivity contribution < 1.29 is 9.34 Å². The van der Waals surface area contributed by atoms with E-state index < -0.39 is 4.92 Å². The minimum Gasteiger partial charge on any atom is -0.454 e. The van der Waals surface area contributed by atoms with E-state index in [1.54, 1.807) is 31.2 Å². The molecule has 0 fully saturated rings. The standard InChI is InChI=1S/C15H10N2O4/c1-9-6-11(16-8-12(9)17(19)20)15-7-13(18)10-4-2-3-5-14(10)21-15/h2-8H,1H3. The van der Waals surface area contributed by atoms with E-state index in [0.717, 1.165) is 0 Å². The average molecular weight is 282 g/mol. The second-order valence-corrected chi connectivity index (χ2v) is 4.58. The van der Waals surface area contributed by atoms with Crippen molar-refractivity contribution in [2.45, 2.75) is 6.92 Å². The van der Waals surface area contributed by atoms with E-state index in [2.05, 4.69) is 4.98 Å². The van der Waals surface area contributed by atoms with Gasteiger partial charge in [-0.05, 0) is 25.1 Å². The zero-order valence-corrected chi connectivity index (χ0v) is 11.1. The summed E-state index contributed by atoms with van der Waals surface area (Å²) in [6, 6.07) is 9.77. The zero-order chi connectivity index (χ0) is 15.0. The van der Waals surface area contributed by atoms with E-state index in [1.165, 1.54) is 18.3 Å². The van der Waals surface area contributed by atoms with Crippen LogP contribution in [0.15, 0.2) is 51.8 Å². The predicted octanol–water partition coefficient (Wildman–Crippen LogP) is 3.07. The lowest BCUT2D eigenvalue weighted by molar-refractivity contribution is -0.385. The van der Waals surface area contributed by atoms with Crippen molar-refractivity contribution in [2.75, 3.05) is 0 Å². The molecule has 0 N–H and O–H groups in total. The molecular weight excluding hydrogens is 272 g/mol. The van der Waals surface area contributed by atoms with Gasteiger partial charge in [-0.1, -0.05) is 12.1 Å². The Morgan fingerprint density at radius 2 is 2.00 bits per heavy atom. The highest BCUT2D eigenvalue weighted by atomic mass is 16.6. The van der Waals surface area contributed by atoms with Crippen LogP contribution in [0, 0.1) is 17.0 Å². The first-order chi connectivity index (χ1) is 10.1. The van der Waals surface area contributed by atoms with Crippen LogP contribution in [0.3, 0.4) is 0 Å². The van der Waals surface area contributed by atoms with E-state index in [4.69, 9.17) is 4.42 Å². The molecule has 0 amide bonds. The molecule has 2 aromatic heterocycles. The number of aromatic nitrogens is 1. The quantitative estimate of drug-likeness (QED) is 0.532. The highest BCUT2D eigenvalue weighted by molar-refractivity contribution is 5.78. The lowest BCUT2D eigenvalue weighted by Gasteiger charge is -2.03. The van der Waals surface area contributed by atoms with Gasteiger partial charge in [0.05, 0.1) is 10.3 Å². The molecule has 0 radical (unpaired) electrons. The Morgan fingerprint density at radius 3 is 2.71 bits per heavy atom. The van der Waals surface area contributed by atoms with Crippen LogP contribution in [0.5, 0.6) is 0 Å². The largest absolute Gasteiger partial charge is 0.454 e. The summed E-state index contributed by atoms with van der Waals surface area (Å²) in [6.07, 6.45) is 1.17. The smallest absolute Gasteiger partial charge is 0.290 e. The summed E-state index contributed by atoms with van der Waals surface area (Å²) in [5.41, 5.74) is 1.06. The van der Waals surface area contributed by atoms with Gasteiger partial charge in [-0.3, -0.25) is 14.9 Å². The third-order valence-corrected chi connectivity index (χ3v) is 3.17. The molecule has 0 bridgehead atoms. The molecule has 0 saturated heterocycles. The van der Waals surface area contributed by atoms with Gasteiger partial charge in [-0.25, -0.2) is 4.98 Å². The fourth-order valence-corrected chi connectivity index (χ4v) is 2.10. The molecule has 21 heavy (non-hydrogen) atoms. The van der Waals surface area contributed by atoms with Crippen LogP contribution in [0.1, 0.15) is 5.56 Å². The molecule has 104 valence electrons. The van der Waals surface area contributed by atoms with E-state index >= 15 is 0 Å². The van der Waals surface area contributed by atoms with Crippen molar-refractivity contribution >= 4 is 16.7 Å². The molecule has 1 aromatic carbocycles. The van der Waals surface area contributed by atoms with Gasteiger partial charge >= 0.3 is 0 Å². The summed E-state index contributed by atoms with van der Waals surface area (Å²) in [5, 5.41) is 11.3. The second-order valence-electron chi connectivity index (χ2n) is 4.58. The normalized spacial score (nSPS) is 10.7. The summed E-state index contributed by atoms with van der Waals surface area (Å²) in [6.45, 7) is 1.61. The number of nitro groups is 1. The Kier molecular flexibility index (Phi) is 2.98. The van der Waals surface area contributed by atoms with Gasteiger partial charge in [0.1, 0.15) is 17.5 Å². The highest BCUT2D eigenvalue weighted by Crippen LogP contribution is 2.24. The van der Waals surface area contributed by atoms with Gasteiger partial charge in [0.15, 0.2) is 11.2 Å². The van der Waals surface area contributed by atoms with Crippen molar-refractivity contribution in [3.8, 4) is 11.5 Å². The molecule has 3 aromatic rings. The van der Waals surface area contributed by atoms with Crippen LogP contribution < -0.4 is 5.43 Å². The van der Waals surface area contributed by atoms with Crippen LogP contribution in [0.2, 0.25) is 0 Å². The van der Waals surface area contributed by atoms with E-state index in [1.807, 2.05) is 0 Å². The molecule has 0 unspecified atom stereocenters. The molecule has 0 aliphatic rings. The number of hydrogen-bond acceptors (Lipinski definition) is 5. The molecule has 0 aliphatic heterocycles. The van der Waals surface area contributed by atoms with Crippen molar-refractivity contribution in [1.82, 2.24) is 4.98 Å². The van der Waals surface area contributed by atoms with Gasteiger partial charge in [0.25, 0.3) is 5.69 Å². The molecule has 3 rings (SSSR count). The summed E-state index contributed by atoms with van der Waals surface area (Å²) in [7, 11) is 0. The third-order valence-electron chi connectivity index (χ3n) is 3.17. The minimum absolute atomic E-state index is 0.0677. The number of para-hydroxylation sites is 1. The maximum atomic E-state index is 12.0. The second kappa shape index (κ2) is 4.82.